The second-order valence-corrected chi connectivity index (χ2v) is 8.65. The molecule has 2 nitrogen and oxygen atoms in total. The first-order valence-corrected chi connectivity index (χ1v) is 11.0. The molecule has 33 heavy (non-hydrogen) atoms. The first-order valence-electron chi connectivity index (χ1n) is 11.0. The number of hydrogen-bond acceptors (Lipinski definition) is 2. The first kappa shape index (κ1) is 30.9. The molecule has 2 aliphatic carbocycles. The molecule has 0 saturated heterocycles. The van der Waals surface area contributed by atoms with Crippen LogP contribution in [0.5, 0.6) is 11.5 Å². The third-order valence-corrected chi connectivity index (χ3v) is 5.15. The maximum absolute atomic E-state index is 8.81. The Labute approximate surface area is 220 Å². The minimum atomic E-state index is 0. The summed E-state index contributed by atoms with van der Waals surface area (Å²) in [5.41, 5.74) is 10.5. The number of phenolic OH excluding ortho intramolecular Hbond substituents is 2. The van der Waals surface area contributed by atoms with Gasteiger partial charge in [0.1, 0.15) is 11.5 Å². The van der Waals surface area contributed by atoms with Crippen molar-refractivity contribution in [2.24, 2.45) is 0 Å². The van der Waals surface area contributed by atoms with Crippen LogP contribution in [-0.2, 0) is 26.2 Å². The number of hydrogen-bond donors (Lipinski definition) is 2. The molecule has 0 radical (unpaired) electrons. The third-order valence-electron chi connectivity index (χ3n) is 5.15. The summed E-state index contributed by atoms with van der Waals surface area (Å²) in [6.07, 6.45) is 8.81. The standard InChI is InChI=1S/2C8H11.2C7H8O.Zr/c2*1-6-4-7(2)8(3)5-6;2*1-6-3-2-4-7(8)5-6;/h2*4H2,1-3H3;2*2-5,8H,1H3;/q2*-1;;;+2. The fourth-order valence-electron chi connectivity index (χ4n) is 3.26. The van der Waals surface area contributed by atoms with Gasteiger partial charge in [-0.15, -0.1) is 13.8 Å². The van der Waals surface area contributed by atoms with Crippen LogP contribution in [0.1, 0.15) is 65.5 Å². The molecule has 0 bridgehead atoms. The fraction of sp³-hybridized carbons (Fsp3) is 0.333. The summed E-state index contributed by atoms with van der Waals surface area (Å²) in [7, 11) is 0. The zero-order valence-electron chi connectivity index (χ0n) is 21.4. The van der Waals surface area contributed by atoms with Crippen LogP contribution in [0.25, 0.3) is 0 Å². The number of aromatic hydroxyl groups is 2. The summed E-state index contributed by atoms with van der Waals surface area (Å²) >= 11 is 0. The molecule has 2 N–H and O–H groups in total. The van der Waals surface area contributed by atoms with Crippen molar-refractivity contribution in [3.05, 3.63) is 105 Å². The van der Waals surface area contributed by atoms with Gasteiger partial charge in [0.2, 0.25) is 0 Å². The minimum absolute atomic E-state index is 0. The van der Waals surface area contributed by atoms with E-state index in [0.717, 1.165) is 24.0 Å². The van der Waals surface area contributed by atoms with Crippen LogP contribution in [0.3, 0.4) is 0 Å². The average molecular weight is 522 g/mol. The molecule has 0 fully saturated rings. The van der Waals surface area contributed by atoms with E-state index in [1.54, 1.807) is 24.3 Å². The molecule has 0 unspecified atom stereocenters. The van der Waals surface area contributed by atoms with Gasteiger partial charge in [-0.25, -0.2) is 34.4 Å². The second kappa shape index (κ2) is 15.7. The molecule has 4 rings (SSSR count). The van der Waals surface area contributed by atoms with E-state index < -0.39 is 0 Å². The Bertz CT molecular complexity index is 905. The number of aryl methyl sites for hydroxylation is 2. The van der Waals surface area contributed by atoms with Gasteiger partial charge in [-0.1, -0.05) is 64.8 Å². The van der Waals surface area contributed by atoms with E-state index in [1.807, 2.05) is 38.1 Å². The Morgan fingerprint density at radius 2 is 0.909 bits per heavy atom. The summed E-state index contributed by atoms with van der Waals surface area (Å²) in [6, 6.07) is 14.3. The molecule has 0 aliphatic heterocycles. The van der Waals surface area contributed by atoms with Gasteiger partial charge >= 0.3 is 26.2 Å². The number of rotatable bonds is 0. The van der Waals surface area contributed by atoms with Gasteiger partial charge in [0, 0.05) is 0 Å². The third kappa shape index (κ3) is 13.2. The van der Waals surface area contributed by atoms with Gasteiger partial charge in [-0.2, -0.15) is 11.1 Å². The van der Waals surface area contributed by atoms with Crippen molar-refractivity contribution >= 4 is 0 Å². The Hall–Kier alpha value is -2.12. The maximum Gasteiger partial charge on any atom is 2.00 e. The predicted octanol–water partition coefficient (Wildman–Crippen LogP) is 8.35. The van der Waals surface area contributed by atoms with Gasteiger partial charge in [0.05, 0.1) is 0 Å². The molecule has 2 aliphatic rings. The second-order valence-electron chi connectivity index (χ2n) is 8.65. The summed E-state index contributed by atoms with van der Waals surface area (Å²) in [5, 5.41) is 17.6. The smallest absolute Gasteiger partial charge is 0.508 e. The molecule has 3 heteroatoms. The van der Waals surface area contributed by atoms with Crippen molar-refractivity contribution in [1.29, 1.82) is 0 Å². The van der Waals surface area contributed by atoms with Crippen LogP contribution >= 0.6 is 0 Å². The van der Waals surface area contributed by atoms with Crippen LogP contribution in [0.2, 0.25) is 0 Å². The van der Waals surface area contributed by atoms with Crippen molar-refractivity contribution in [1.82, 2.24) is 0 Å². The van der Waals surface area contributed by atoms with Gasteiger partial charge in [-0.3, -0.25) is 0 Å². The summed E-state index contributed by atoms with van der Waals surface area (Å²) in [6.45, 7) is 16.7. The van der Waals surface area contributed by atoms with Gasteiger partial charge in [0.15, 0.2) is 0 Å². The topological polar surface area (TPSA) is 40.5 Å². The minimum Gasteiger partial charge on any atom is -0.508 e. The van der Waals surface area contributed by atoms with Gasteiger partial charge in [0.25, 0.3) is 0 Å². The molecule has 174 valence electrons. The average Bonchev–Trinajstić information content (AvgIpc) is 3.14. The summed E-state index contributed by atoms with van der Waals surface area (Å²) < 4.78 is 0. The molecule has 0 saturated carbocycles. The molecule has 0 heterocycles. The normalized spacial score (nSPS) is 13.9. The number of allylic oxidation sites excluding steroid dienone is 8. The molecular weight excluding hydrogens is 484 g/mol. The molecule has 0 spiro atoms. The molecular formula is C30H38O2Zr. The zero-order chi connectivity index (χ0) is 24.3. The SMILES string of the molecule is CC1=[C-]C(C)=C(C)C1.CC1=[C-]C(C)=C(C)C1.Cc1cccc(O)c1.Cc1cccc(O)c1.[Zr+2]. The zero-order valence-corrected chi connectivity index (χ0v) is 23.9. The van der Waals surface area contributed by atoms with E-state index in [1.165, 1.54) is 33.4 Å². The molecule has 0 atom stereocenters. The van der Waals surface area contributed by atoms with Gasteiger partial charge < -0.3 is 10.2 Å². The van der Waals surface area contributed by atoms with Crippen LogP contribution in [0.4, 0.5) is 0 Å². The van der Waals surface area contributed by atoms with E-state index in [-0.39, 0.29) is 26.2 Å². The van der Waals surface area contributed by atoms with E-state index in [4.69, 9.17) is 10.2 Å². The summed E-state index contributed by atoms with van der Waals surface area (Å²) in [4.78, 5) is 0. The van der Waals surface area contributed by atoms with E-state index in [9.17, 15) is 0 Å². The van der Waals surface area contributed by atoms with Crippen molar-refractivity contribution in [3.63, 3.8) is 0 Å². The number of benzene rings is 2. The maximum atomic E-state index is 8.81. The van der Waals surface area contributed by atoms with Gasteiger partial charge in [-0.05, 0) is 49.2 Å². The van der Waals surface area contributed by atoms with Crippen molar-refractivity contribution in [3.8, 4) is 11.5 Å². The first-order chi connectivity index (χ1) is 15.0. The largest absolute Gasteiger partial charge is 2.00 e. The quantitative estimate of drug-likeness (QED) is 0.342. The predicted molar refractivity (Wildman–Crippen MR) is 137 cm³/mol. The van der Waals surface area contributed by atoms with Crippen molar-refractivity contribution in [2.45, 2.75) is 68.2 Å². The molecule has 0 amide bonds. The Kier molecular flexibility index (Phi) is 14.7. The van der Waals surface area contributed by atoms with Crippen LogP contribution in [0, 0.1) is 26.0 Å². The van der Waals surface area contributed by atoms with Crippen LogP contribution < -0.4 is 0 Å². The van der Waals surface area contributed by atoms with Crippen molar-refractivity contribution < 1.29 is 36.4 Å². The van der Waals surface area contributed by atoms with E-state index >= 15 is 0 Å². The van der Waals surface area contributed by atoms with Crippen molar-refractivity contribution in [2.75, 3.05) is 0 Å². The van der Waals surface area contributed by atoms with Crippen LogP contribution in [-0.4, -0.2) is 10.2 Å². The molecule has 0 aromatic heterocycles. The Balaban J connectivity index is 0.000000410. The Morgan fingerprint density at radius 3 is 1.03 bits per heavy atom. The van der Waals surface area contributed by atoms with E-state index in [2.05, 4.69) is 53.7 Å². The summed E-state index contributed by atoms with van der Waals surface area (Å²) in [5.74, 6) is 0.676. The monoisotopic (exact) mass is 520 g/mol. The van der Waals surface area contributed by atoms with E-state index in [0.29, 0.717) is 11.5 Å². The fourth-order valence-corrected chi connectivity index (χ4v) is 3.26. The molecule has 2 aromatic carbocycles. The number of phenols is 2. The van der Waals surface area contributed by atoms with Crippen LogP contribution in [0.15, 0.2) is 82.0 Å². The molecule has 2 aromatic rings. The Morgan fingerprint density at radius 1 is 0.576 bits per heavy atom.